The van der Waals surface area contributed by atoms with Crippen molar-refractivity contribution < 1.29 is 4.74 Å². The van der Waals surface area contributed by atoms with Gasteiger partial charge in [-0.15, -0.1) is 0 Å². The quantitative estimate of drug-likeness (QED) is 0.613. The van der Waals surface area contributed by atoms with Crippen molar-refractivity contribution in [3.63, 3.8) is 0 Å². The molecule has 0 saturated carbocycles. The maximum absolute atomic E-state index is 9.51. The number of nitriles is 1. The van der Waals surface area contributed by atoms with Crippen molar-refractivity contribution in [3.05, 3.63) is 65.4 Å². The summed E-state index contributed by atoms with van der Waals surface area (Å²) in [4.78, 5) is 12.0. The summed E-state index contributed by atoms with van der Waals surface area (Å²) in [7, 11) is 0. The molecule has 6 rings (SSSR count). The van der Waals surface area contributed by atoms with Crippen molar-refractivity contribution in [1.82, 2.24) is 15.2 Å². The topological polar surface area (TPSA) is 67.7 Å². The number of nitrogens with zero attached hydrogens (tertiary/aromatic N) is 5. The zero-order chi connectivity index (χ0) is 24.5. The molecule has 186 valence electrons. The standard InChI is InChI=1S/C29H34N6O/c1-21-18-35(28-7-5-23(16-30)29-27(28)3-2-9-32-29)20-26(36-21)19-33-11-13-34(14-12-33)25-6-4-22-8-10-31-17-24(22)15-25/h2-7,9,15,21,26,31H,8,10-14,17-20H2,1H3/t21-,26+/m1/s1. The fraction of sp³-hybridized carbons (Fsp3) is 0.448. The Labute approximate surface area is 213 Å². The molecule has 4 heterocycles. The van der Waals surface area contributed by atoms with Crippen LogP contribution in [0.25, 0.3) is 10.9 Å². The number of anilines is 2. The Morgan fingerprint density at radius 3 is 2.81 bits per heavy atom. The van der Waals surface area contributed by atoms with Crippen molar-refractivity contribution in [3.8, 4) is 6.07 Å². The molecule has 2 fully saturated rings. The second kappa shape index (κ2) is 10.1. The van der Waals surface area contributed by atoms with Gasteiger partial charge in [-0.3, -0.25) is 9.88 Å². The van der Waals surface area contributed by atoms with Crippen LogP contribution in [0.1, 0.15) is 23.6 Å². The molecule has 36 heavy (non-hydrogen) atoms. The van der Waals surface area contributed by atoms with Crippen molar-refractivity contribution in [2.24, 2.45) is 0 Å². The van der Waals surface area contributed by atoms with Gasteiger partial charge in [0, 0.05) is 75.3 Å². The highest BCUT2D eigenvalue weighted by atomic mass is 16.5. The van der Waals surface area contributed by atoms with Crippen LogP contribution in [0.3, 0.4) is 0 Å². The van der Waals surface area contributed by atoms with E-state index in [2.05, 4.69) is 68.3 Å². The number of morpholine rings is 1. The number of pyridine rings is 1. The number of benzene rings is 2. The van der Waals surface area contributed by atoms with Gasteiger partial charge in [0.15, 0.2) is 0 Å². The van der Waals surface area contributed by atoms with Gasteiger partial charge in [0.05, 0.1) is 23.3 Å². The van der Waals surface area contributed by atoms with E-state index in [0.29, 0.717) is 5.56 Å². The summed E-state index contributed by atoms with van der Waals surface area (Å²) in [6.45, 7) is 11.0. The average molecular weight is 483 g/mol. The average Bonchev–Trinajstić information content (AvgIpc) is 2.92. The molecule has 7 nitrogen and oxygen atoms in total. The van der Waals surface area contributed by atoms with Crippen LogP contribution in [0.15, 0.2) is 48.7 Å². The molecule has 0 bridgehead atoms. The maximum Gasteiger partial charge on any atom is 0.101 e. The van der Waals surface area contributed by atoms with Crippen LogP contribution < -0.4 is 15.1 Å². The summed E-state index contributed by atoms with van der Waals surface area (Å²) in [6.07, 6.45) is 3.20. The molecule has 0 aliphatic carbocycles. The molecule has 2 saturated heterocycles. The smallest absolute Gasteiger partial charge is 0.101 e. The highest BCUT2D eigenvalue weighted by molar-refractivity contribution is 5.95. The van der Waals surface area contributed by atoms with Gasteiger partial charge in [-0.25, -0.2) is 0 Å². The van der Waals surface area contributed by atoms with E-state index in [4.69, 9.17) is 4.74 Å². The molecule has 3 aliphatic rings. The Morgan fingerprint density at radius 1 is 1.06 bits per heavy atom. The van der Waals surface area contributed by atoms with E-state index in [-0.39, 0.29) is 12.2 Å². The largest absolute Gasteiger partial charge is 0.370 e. The van der Waals surface area contributed by atoms with E-state index in [1.165, 1.54) is 16.8 Å². The summed E-state index contributed by atoms with van der Waals surface area (Å²) in [6, 6.07) is 17.3. The van der Waals surface area contributed by atoms with Gasteiger partial charge < -0.3 is 19.9 Å². The minimum atomic E-state index is 0.150. The molecule has 3 aliphatic heterocycles. The summed E-state index contributed by atoms with van der Waals surface area (Å²) in [5, 5.41) is 14.0. The molecular formula is C29H34N6O. The molecule has 0 unspecified atom stereocenters. The third-order valence-electron chi connectivity index (χ3n) is 7.81. The van der Waals surface area contributed by atoms with Crippen LogP contribution in [0.2, 0.25) is 0 Å². The lowest BCUT2D eigenvalue weighted by molar-refractivity contribution is -0.0327. The summed E-state index contributed by atoms with van der Waals surface area (Å²) < 4.78 is 6.40. The number of ether oxygens (including phenoxy) is 1. The van der Waals surface area contributed by atoms with Gasteiger partial charge in [0.2, 0.25) is 0 Å². The zero-order valence-electron chi connectivity index (χ0n) is 21.0. The van der Waals surface area contributed by atoms with Gasteiger partial charge in [-0.1, -0.05) is 6.07 Å². The second-order valence-electron chi connectivity index (χ2n) is 10.3. The van der Waals surface area contributed by atoms with Crippen molar-refractivity contribution in [1.29, 1.82) is 5.26 Å². The number of aromatic nitrogens is 1. The van der Waals surface area contributed by atoms with Crippen molar-refractivity contribution >= 4 is 22.3 Å². The molecule has 7 heteroatoms. The molecule has 2 aromatic carbocycles. The van der Waals surface area contributed by atoms with Crippen LogP contribution in [0, 0.1) is 11.3 Å². The Balaban J connectivity index is 1.11. The number of nitrogens with one attached hydrogen (secondary N) is 1. The fourth-order valence-electron chi connectivity index (χ4n) is 6.01. The van der Waals surface area contributed by atoms with Gasteiger partial charge in [-0.2, -0.15) is 5.26 Å². The first kappa shape index (κ1) is 23.2. The monoisotopic (exact) mass is 482 g/mol. The number of hydrogen-bond donors (Lipinski definition) is 1. The minimum absolute atomic E-state index is 0.150. The highest BCUT2D eigenvalue weighted by Gasteiger charge is 2.29. The van der Waals surface area contributed by atoms with E-state index in [1.54, 1.807) is 6.20 Å². The molecular weight excluding hydrogens is 448 g/mol. The lowest BCUT2D eigenvalue weighted by atomic mass is 10.00. The minimum Gasteiger partial charge on any atom is -0.370 e. The molecule has 3 aromatic rings. The molecule has 1 N–H and O–H groups in total. The van der Waals surface area contributed by atoms with Gasteiger partial charge >= 0.3 is 0 Å². The first-order chi connectivity index (χ1) is 17.7. The number of piperazine rings is 1. The molecule has 0 spiro atoms. The predicted molar refractivity (Wildman–Crippen MR) is 144 cm³/mol. The van der Waals surface area contributed by atoms with Crippen LogP contribution >= 0.6 is 0 Å². The molecule has 0 amide bonds. The lowest BCUT2D eigenvalue weighted by Crippen LogP contribution is -2.54. The van der Waals surface area contributed by atoms with Crippen LogP contribution in [0.5, 0.6) is 0 Å². The number of rotatable bonds is 4. The first-order valence-electron chi connectivity index (χ1n) is 13.2. The Kier molecular flexibility index (Phi) is 6.49. The molecule has 1 aromatic heterocycles. The zero-order valence-corrected chi connectivity index (χ0v) is 21.0. The first-order valence-corrected chi connectivity index (χ1v) is 13.2. The Bertz CT molecular complexity index is 1280. The van der Waals surface area contributed by atoms with Crippen LogP contribution in [0.4, 0.5) is 11.4 Å². The van der Waals surface area contributed by atoms with Crippen LogP contribution in [-0.2, 0) is 17.7 Å². The normalized spacial score (nSPS) is 22.9. The van der Waals surface area contributed by atoms with E-state index in [1.807, 2.05) is 12.1 Å². The Hall–Kier alpha value is -3.18. The van der Waals surface area contributed by atoms with E-state index >= 15 is 0 Å². The summed E-state index contributed by atoms with van der Waals surface area (Å²) >= 11 is 0. The van der Waals surface area contributed by atoms with E-state index in [0.717, 1.165) is 81.9 Å². The number of hydrogen-bond acceptors (Lipinski definition) is 7. The lowest BCUT2D eigenvalue weighted by Gasteiger charge is -2.42. The maximum atomic E-state index is 9.51. The van der Waals surface area contributed by atoms with E-state index in [9.17, 15) is 5.26 Å². The van der Waals surface area contributed by atoms with Gasteiger partial charge in [0.1, 0.15) is 6.07 Å². The van der Waals surface area contributed by atoms with Crippen LogP contribution in [-0.4, -0.2) is 74.4 Å². The Morgan fingerprint density at radius 2 is 1.94 bits per heavy atom. The third kappa shape index (κ3) is 4.64. The summed E-state index contributed by atoms with van der Waals surface area (Å²) in [5.41, 5.74) is 6.85. The highest BCUT2D eigenvalue weighted by Crippen LogP contribution is 2.30. The van der Waals surface area contributed by atoms with Gasteiger partial charge in [-0.05, 0) is 67.4 Å². The number of fused-ring (bicyclic) bond motifs is 2. The summed E-state index contributed by atoms with van der Waals surface area (Å²) in [5.74, 6) is 0. The predicted octanol–water partition coefficient (Wildman–Crippen LogP) is 3.17. The molecule has 0 radical (unpaired) electrons. The van der Waals surface area contributed by atoms with Gasteiger partial charge in [0.25, 0.3) is 0 Å². The van der Waals surface area contributed by atoms with Crippen molar-refractivity contribution in [2.75, 3.05) is 62.2 Å². The third-order valence-corrected chi connectivity index (χ3v) is 7.81. The fourth-order valence-corrected chi connectivity index (χ4v) is 6.01. The molecule has 2 atom stereocenters. The van der Waals surface area contributed by atoms with Crippen molar-refractivity contribution in [2.45, 2.75) is 32.1 Å². The second-order valence-corrected chi connectivity index (χ2v) is 10.3. The van der Waals surface area contributed by atoms with E-state index < -0.39 is 0 Å². The SMILES string of the molecule is C[C@@H]1CN(c2ccc(C#N)c3ncccc23)C[C@H](CN2CCN(c3ccc4c(c3)CNCC4)CC2)O1.